The first-order valence-corrected chi connectivity index (χ1v) is 12.9. The van der Waals surface area contributed by atoms with Crippen molar-refractivity contribution in [3.8, 4) is 0 Å². The maximum atomic E-state index is 13.3. The zero-order valence-electron chi connectivity index (χ0n) is 19.0. The summed E-state index contributed by atoms with van der Waals surface area (Å²) in [6, 6.07) is 13.1. The molecule has 12 heteroatoms. The number of nitrogens with two attached hydrogens (primary N) is 1. The Morgan fingerprint density at radius 1 is 1.09 bits per heavy atom. The number of nitrogens with one attached hydrogen (secondary N) is 1. The van der Waals surface area contributed by atoms with Crippen molar-refractivity contribution in [2.75, 3.05) is 45.2 Å². The second kappa shape index (κ2) is 12.2. The van der Waals surface area contributed by atoms with Gasteiger partial charge in [0, 0.05) is 49.5 Å². The van der Waals surface area contributed by atoms with Crippen molar-refractivity contribution in [2.45, 2.75) is 17.5 Å². The molecule has 0 radical (unpaired) electrons. The Morgan fingerprint density at radius 2 is 1.71 bits per heavy atom. The monoisotopic (exact) mass is 621 g/mol. The van der Waals surface area contributed by atoms with Gasteiger partial charge in [0.05, 0.1) is 11.4 Å². The molecule has 2 aromatic rings. The first-order valence-electron chi connectivity index (χ1n) is 10.4. The fourth-order valence-electron chi connectivity index (χ4n) is 3.58. The third kappa shape index (κ3) is 6.60. The van der Waals surface area contributed by atoms with Crippen LogP contribution in [0, 0.1) is 3.57 Å². The number of hydrogen-bond acceptors (Lipinski definition) is 6. The lowest BCUT2D eigenvalue weighted by atomic mass is 10.1. The van der Waals surface area contributed by atoms with Crippen LogP contribution in [0.4, 0.5) is 5.69 Å². The van der Waals surface area contributed by atoms with Gasteiger partial charge < -0.3 is 20.9 Å². The highest BCUT2D eigenvalue weighted by molar-refractivity contribution is 14.1. The Hall–Kier alpha value is -1.93. The second-order valence-corrected chi connectivity index (χ2v) is 11.0. The van der Waals surface area contributed by atoms with E-state index in [1.807, 2.05) is 43.3 Å². The van der Waals surface area contributed by atoms with E-state index in [9.17, 15) is 18.0 Å². The summed E-state index contributed by atoms with van der Waals surface area (Å²) in [6.45, 7) is 0.178. The van der Waals surface area contributed by atoms with Crippen LogP contribution in [0.15, 0.2) is 53.4 Å². The van der Waals surface area contributed by atoms with Gasteiger partial charge in [0.15, 0.2) is 0 Å². The largest absolute Gasteiger partial charge is 0.378 e. The van der Waals surface area contributed by atoms with Crippen molar-refractivity contribution in [2.24, 2.45) is 5.73 Å². The van der Waals surface area contributed by atoms with Crippen LogP contribution in [0.2, 0.25) is 0 Å². The molecule has 0 spiro atoms. The van der Waals surface area contributed by atoms with E-state index >= 15 is 0 Å². The highest BCUT2D eigenvalue weighted by atomic mass is 127. The number of nitrogens with zero attached hydrogens (tertiary/aromatic N) is 3. The van der Waals surface area contributed by atoms with E-state index in [1.54, 1.807) is 12.1 Å². The van der Waals surface area contributed by atoms with Crippen LogP contribution in [0.1, 0.15) is 5.56 Å². The molecule has 1 aliphatic heterocycles. The number of piperazine rings is 1. The predicted octanol–water partition coefficient (Wildman–Crippen LogP) is 1.26. The van der Waals surface area contributed by atoms with E-state index in [0.29, 0.717) is 0 Å². The molecule has 1 heterocycles. The summed E-state index contributed by atoms with van der Waals surface area (Å²) in [5.41, 5.74) is 7.40. The lowest BCUT2D eigenvalue weighted by Gasteiger charge is -2.39. The van der Waals surface area contributed by atoms with Crippen molar-refractivity contribution in [3.05, 3.63) is 57.7 Å². The highest BCUT2D eigenvalue weighted by Gasteiger charge is 2.41. The summed E-state index contributed by atoms with van der Waals surface area (Å²) < 4.78 is 28.8. The van der Waals surface area contributed by atoms with E-state index in [0.717, 1.165) is 14.8 Å². The minimum Gasteiger partial charge on any atom is -0.378 e. The van der Waals surface area contributed by atoms with Gasteiger partial charge in [-0.1, -0.05) is 12.1 Å². The van der Waals surface area contributed by atoms with Crippen molar-refractivity contribution in [1.82, 2.24) is 14.5 Å². The zero-order valence-corrected chi connectivity index (χ0v) is 22.8. The molecule has 3 rings (SSSR count). The molecule has 186 valence electrons. The number of amides is 2. The van der Waals surface area contributed by atoms with E-state index in [4.69, 9.17) is 5.73 Å². The SMILES string of the molecule is CN(C)c1ccc(CNC(=O)C2CN(C(=O)CN)CCN2S(=O)(=O)c2ccc(I)cc2)cc1.Cl. The molecule has 1 unspecified atom stereocenters. The van der Waals surface area contributed by atoms with E-state index in [1.165, 1.54) is 21.3 Å². The van der Waals surface area contributed by atoms with Crippen LogP contribution in [0.25, 0.3) is 0 Å². The Balaban J connectivity index is 0.00000408. The number of rotatable bonds is 7. The minimum absolute atomic E-state index is 0. The van der Waals surface area contributed by atoms with Crippen LogP contribution >= 0.6 is 35.0 Å². The lowest BCUT2D eigenvalue weighted by molar-refractivity contribution is -0.135. The maximum absolute atomic E-state index is 13.3. The maximum Gasteiger partial charge on any atom is 0.243 e. The number of hydrogen-bond donors (Lipinski definition) is 2. The average molecular weight is 622 g/mol. The summed E-state index contributed by atoms with van der Waals surface area (Å²) in [5, 5.41) is 2.83. The van der Waals surface area contributed by atoms with E-state index < -0.39 is 22.0 Å². The molecule has 2 amide bonds. The van der Waals surface area contributed by atoms with Crippen LogP contribution in [0.5, 0.6) is 0 Å². The van der Waals surface area contributed by atoms with E-state index in [2.05, 4.69) is 27.9 Å². The van der Waals surface area contributed by atoms with Crippen molar-refractivity contribution in [3.63, 3.8) is 0 Å². The Labute approximate surface area is 220 Å². The van der Waals surface area contributed by atoms with Crippen LogP contribution in [-0.2, 0) is 26.2 Å². The molecule has 3 N–H and O–H groups in total. The molecule has 1 atom stereocenters. The van der Waals surface area contributed by atoms with Crippen molar-refractivity contribution < 1.29 is 18.0 Å². The molecule has 0 saturated carbocycles. The molecule has 9 nitrogen and oxygen atoms in total. The number of sulfonamides is 1. The van der Waals surface area contributed by atoms with Gasteiger partial charge in [-0.25, -0.2) is 8.42 Å². The summed E-state index contributed by atoms with van der Waals surface area (Å²) in [4.78, 5) is 28.8. The Bertz CT molecular complexity index is 1100. The molecular formula is C22H29ClIN5O4S. The summed E-state index contributed by atoms with van der Waals surface area (Å²) in [6.07, 6.45) is 0. The molecule has 0 aromatic heterocycles. The number of carbonyl (C=O) groups excluding carboxylic acids is 2. The average Bonchev–Trinajstić information content (AvgIpc) is 2.82. The fraction of sp³-hybridized carbons (Fsp3) is 0.364. The topological polar surface area (TPSA) is 116 Å². The number of benzene rings is 2. The predicted molar refractivity (Wildman–Crippen MR) is 142 cm³/mol. The molecule has 0 aliphatic carbocycles. The molecule has 1 fully saturated rings. The molecule has 1 aliphatic rings. The number of carbonyl (C=O) groups is 2. The van der Waals surface area contributed by atoms with Gasteiger partial charge >= 0.3 is 0 Å². The molecule has 1 saturated heterocycles. The van der Waals surface area contributed by atoms with Gasteiger partial charge in [0.2, 0.25) is 21.8 Å². The third-order valence-corrected chi connectivity index (χ3v) is 8.14. The van der Waals surface area contributed by atoms with Gasteiger partial charge in [0.1, 0.15) is 6.04 Å². The highest BCUT2D eigenvalue weighted by Crippen LogP contribution is 2.23. The quantitative estimate of drug-likeness (QED) is 0.450. The fourth-order valence-corrected chi connectivity index (χ4v) is 5.51. The van der Waals surface area contributed by atoms with Gasteiger partial charge in [-0.2, -0.15) is 4.31 Å². The summed E-state index contributed by atoms with van der Waals surface area (Å²) in [5.74, 6) is -0.784. The molecular weight excluding hydrogens is 593 g/mol. The molecule has 2 aromatic carbocycles. The van der Waals surface area contributed by atoms with Gasteiger partial charge in [-0.15, -0.1) is 12.4 Å². The Kier molecular flexibility index (Phi) is 10.1. The minimum atomic E-state index is -3.93. The first-order chi connectivity index (χ1) is 15.6. The molecule has 34 heavy (non-hydrogen) atoms. The standard InChI is InChI=1S/C22H28IN5O4S.ClH/c1-26(2)18-7-3-16(4-8-18)14-25-22(30)20-15-27(21(29)13-24)11-12-28(20)33(31,32)19-9-5-17(23)6-10-19;/h3-10,20H,11-15,24H2,1-2H3,(H,25,30);1H. The van der Waals surface area contributed by atoms with Crippen LogP contribution < -0.4 is 16.0 Å². The zero-order chi connectivity index (χ0) is 24.2. The summed E-state index contributed by atoms with van der Waals surface area (Å²) in [7, 11) is -0.0498. The van der Waals surface area contributed by atoms with Crippen molar-refractivity contribution >= 4 is 62.5 Å². The Morgan fingerprint density at radius 3 is 2.26 bits per heavy atom. The molecule has 0 bridgehead atoms. The first kappa shape index (κ1) is 28.3. The van der Waals surface area contributed by atoms with Crippen LogP contribution in [0.3, 0.4) is 0 Å². The third-order valence-electron chi connectivity index (χ3n) is 5.50. The van der Waals surface area contributed by atoms with Gasteiger partial charge in [-0.3, -0.25) is 9.59 Å². The van der Waals surface area contributed by atoms with Crippen LogP contribution in [-0.4, -0.2) is 75.8 Å². The normalized spacial score (nSPS) is 16.5. The second-order valence-electron chi connectivity index (χ2n) is 7.91. The van der Waals surface area contributed by atoms with Gasteiger partial charge in [0.25, 0.3) is 0 Å². The van der Waals surface area contributed by atoms with Crippen molar-refractivity contribution in [1.29, 1.82) is 0 Å². The smallest absolute Gasteiger partial charge is 0.243 e. The lowest BCUT2D eigenvalue weighted by Crippen LogP contribution is -2.61. The number of halogens is 2. The van der Waals surface area contributed by atoms with Gasteiger partial charge in [-0.05, 0) is 64.6 Å². The number of anilines is 1. The summed E-state index contributed by atoms with van der Waals surface area (Å²) >= 11 is 2.10. The van der Waals surface area contributed by atoms with E-state index in [-0.39, 0.29) is 55.9 Å².